The molecule has 9 N–H and O–H groups in total. The van der Waals surface area contributed by atoms with Crippen molar-refractivity contribution in [3.05, 3.63) is 35.9 Å². The highest BCUT2D eigenvalue weighted by atomic mass is 16.4. The van der Waals surface area contributed by atoms with Gasteiger partial charge >= 0.3 is 5.97 Å². The molecule has 0 radical (unpaired) electrons. The molecule has 35 heavy (non-hydrogen) atoms. The van der Waals surface area contributed by atoms with Crippen molar-refractivity contribution in [2.45, 2.75) is 70.3 Å². The van der Waals surface area contributed by atoms with E-state index in [1.807, 2.05) is 13.8 Å². The van der Waals surface area contributed by atoms with Gasteiger partial charge in [0.2, 0.25) is 23.6 Å². The van der Waals surface area contributed by atoms with E-state index in [1.165, 1.54) is 0 Å². The Morgan fingerprint density at radius 3 is 1.91 bits per heavy atom. The van der Waals surface area contributed by atoms with Crippen LogP contribution in [0.5, 0.6) is 0 Å². The molecule has 4 amide bonds. The fourth-order valence-electron chi connectivity index (χ4n) is 3.28. The summed E-state index contributed by atoms with van der Waals surface area (Å²) >= 11 is 0. The Morgan fingerprint density at radius 2 is 1.43 bits per heavy atom. The number of benzene rings is 1. The standard InChI is InChI=1S/C23H35N5O7/c1-12(2)9-15(24)20(31)26-16(10-14-7-5-4-6-8-14)21(32)27-17(11-18(25)30)22(33)28-19(13(3)29)23(34)35/h4-8,12-13,15-17,19,29H,9-11,24H2,1-3H3,(H2,25,30)(H,26,31)(H,27,32)(H,28,33)(H,34,35). The van der Waals surface area contributed by atoms with Gasteiger partial charge in [-0.05, 0) is 24.8 Å². The van der Waals surface area contributed by atoms with E-state index in [0.717, 1.165) is 6.92 Å². The highest BCUT2D eigenvalue weighted by Gasteiger charge is 2.32. The molecule has 0 aliphatic heterocycles. The topological polar surface area (TPSA) is 214 Å². The maximum atomic E-state index is 13.1. The van der Waals surface area contributed by atoms with Gasteiger partial charge in [0, 0.05) is 6.42 Å². The van der Waals surface area contributed by atoms with E-state index < -0.39 is 66.3 Å². The summed E-state index contributed by atoms with van der Waals surface area (Å²) < 4.78 is 0. The molecule has 0 saturated heterocycles. The van der Waals surface area contributed by atoms with Crippen molar-refractivity contribution in [1.82, 2.24) is 16.0 Å². The second-order valence-corrected chi connectivity index (χ2v) is 8.78. The highest BCUT2D eigenvalue weighted by Crippen LogP contribution is 2.07. The van der Waals surface area contributed by atoms with E-state index in [4.69, 9.17) is 11.5 Å². The van der Waals surface area contributed by atoms with Crippen molar-refractivity contribution in [3.8, 4) is 0 Å². The highest BCUT2D eigenvalue weighted by molar-refractivity contribution is 5.96. The number of nitrogens with two attached hydrogens (primary N) is 2. The first-order chi connectivity index (χ1) is 16.3. The minimum Gasteiger partial charge on any atom is -0.480 e. The zero-order valence-electron chi connectivity index (χ0n) is 20.1. The Balaban J connectivity index is 3.11. The van der Waals surface area contributed by atoms with Gasteiger partial charge in [0.1, 0.15) is 12.1 Å². The lowest BCUT2D eigenvalue weighted by Crippen LogP contribution is -2.59. The van der Waals surface area contributed by atoms with Gasteiger partial charge in [-0.1, -0.05) is 44.2 Å². The van der Waals surface area contributed by atoms with Gasteiger partial charge in [-0.25, -0.2) is 4.79 Å². The number of primary amides is 1. The fourth-order valence-corrected chi connectivity index (χ4v) is 3.28. The van der Waals surface area contributed by atoms with Crippen LogP contribution in [-0.4, -0.2) is 70.1 Å². The summed E-state index contributed by atoms with van der Waals surface area (Å²) in [5.41, 5.74) is 11.8. The van der Waals surface area contributed by atoms with Crippen LogP contribution in [0.25, 0.3) is 0 Å². The lowest BCUT2D eigenvalue weighted by Gasteiger charge is -2.25. The molecular formula is C23H35N5O7. The average molecular weight is 494 g/mol. The number of carboxylic acid groups (broad SMARTS) is 1. The van der Waals surface area contributed by atoms with Crippen LogP contribution in [0.2, 0.25) is 0 Å². The number of carboxylic acids is 1. The summed E-state index contributed by atoms with van der Waals surface area (Å²) in [6.07, 6.45) is -1.64. The van der Waals surface area contributed by atoms with Crippen LogP contribution in [0.15, 0.2) is 30.3 Å². The first-order valence-corrected chi connectivity index (χ1v) is 11.2. The molecule has 1 rings (SSSR count). The van der Waals surface area contributed by atoms with Gasteiger partial charge in [0.25, 0.3) is 0 Å². The summed E-state index contributed by atoms with van der Waals surface area (Å²) in [6, 6.07) is 3.53. The summed E-state index contributed by atoms with van der Waals surface area (Å²) in [5.74, 6) is -4.71. The van der Waals surface area contributed by atoms with E-state index in [2.05, 4.69) is 16.0 Å². The number of aliphatic carboxylic acids is 1. The Bertz CT molecular complexity index is 892. The van der Waals surface area contributed by atoms with Crippen LogP contribution in [0.3, 0.4) is 0 Å². The Kier molecular flexibility index (Phi) is 11.8. The molecule has 194 valence electrons. The van der Waals surface area contributed by atoms with Crippen LogP contribution in [-0.2, 0) is 30.4 Å². The maximum Gasteiger partial charge on any atom is 0.328 e. The second-order valence-electron chi connectivity index (χ2n) is 8.78. The summed E-state index contributed by atoms with van der Waals surface area (Å²) in [4.78, 5) is 61.2. The second kappa shape index (κ2) is 14.0. The fraction of sp³-hybridized carbons (Fsp3) is 0.522. The van der Waals surface area contributed by atoms with E-state index in [1.54, 1.807) is 30.3 Å². The molecule has 12 nitrogen and oxygen atoms in total. The number of aliphatic hydroxyl groups excluding tert-OH is 1. The third-order valence-corrected chi connectivity index (χ3v) is 5.06. The van der Waals surface area contributed by atoms with Gasteiger partial charge in [-0.2, -0.15) is 0 Å². The number of nitrogens with one attached hydrogen (secondary N) is 3. The zero-order valence-corrected chi connectivity index (χ0v) is 20.1. The largest absolute Gasteiger partial charge is 0.480 e. The molecule has 12 heteroatoms. The van der Waals surface area contributed by atoms with E-state index in [-0.39, 0.29) is 12.3 Å². The van der Waals surface area contributed by atoms with Crippen molar-refractivity contribution in [3.63, 3.8) is 0 Å². The minimum atomic E-state index is -1.68. The smallest absolute Gasteiger partial charge is 0.328 e. The summed E-state index contributed by atoms with van der Waals surface area (Å²) in [6.45, 7) is 4.95. The normalized spacial score (nSPS) is 15.3. The monoisotopic (exact) mass is 493 g/mol. The molecule has 0 heterocycles. The quantitative estimate of drug-likeness (QED) is 0.160. The van der Waals surface area contributed by atoms with Crippen LogP contribution in [0.4, 0.5) is 0 Å². The van der Waals surface area contributed by atoms with Gasteiger partial charge in [-0.3, -0.25) is 19.2 Å². The predicted octanol–water partition coefficient (Wildman–Crippen LogP) is -1.60. The van der Waals surface area contributed by atoms with Crippen LogP contribution in [0, 0.1) is 5.92 Å². The van der Waals surface area contributed by atoms with Gasteiger partial charge in [0.05, 0.1) is 18.6 Å². The number of hydrogen-bond acceptors (Lipinski definition) is 7. The van der Waals surface area contributed by atoms with Crippen molar-refractivity contribution >= 4 is 29.6 Å². The van der Waals surface area contributed by atoms with Gasteiger partial charge < -0.3 is 37.6 Å². The Hall–Kier alpha value is -3.51. The van der Waals surface area contributed by atoms with Crippen molar-refractivity contribution < 1.29 is 34.2 Å². The molecule has 1 aromatic carbocycles. The SMILES string of the molecule is CC(C)CC(N)C(=O)NC(Cc1ccccc1)C(=O)NC(CC(N)=O)C(=O)NC(C(=O)O)C(C)O. The number of carbonyl (C=O) groups is 5. The maximum absolute atomic E-state index is 13.1. The first-order valence-electron chi connectivity index (χ1n) is 11.2. The predicted molar refractivity (Wildman–Crippen MR) is 126 cm³/mol. The third-order valence-electron chi connectivity index (χ3n) is 5.06. The van der Waals surface area contributed by atoms with Crippen molar-refractivity contribution in [2.75, 3.05) is 0 Å². The molecule has 5 atom stereocenters. The van der Waals surface area contributed by atoms with Crippen LogP contribution >= 0.6 is 0 Å². The number of hydrogen-bond donors (Lipinski definition) is 7. The molecule has 0 aliphatic carbocycles. The molecule has 1 aromatic rings. The lowest BCUT2D eigenvalue weighted by atomic mass is 10.0. The Labute approximate surface area is 203 Å². The number of amides is 4. The van der Waals surface area contributed by atoms with E-state index in [9.17, 15) is 34.2 Å². The average Bonchev–Trinajstić information content (AvgIpc) is 2.75. The molecule has 0 fully saturated rings. The molecule has 0 aliphatic rings. The van der Waals surface area contributed by atoms with Crippen LogP contribution < -0.4 is 27.4 Å². The Morgan fingerprint density at radius 1 is 0.886 bits per heavy atom. The molecule has 0 spiro atoms. The summed E-state index contributed by atoms with van der Waals surface area (Å²) in [7, 11) is 0. The van der Waals surface area contributed by atoms with E-state index in [0.29, 0.717) is 12.0 Å². The zero-order chi connectivity index (χ0) is 26.7. The molecule has 0 bridgehead atoms. The van der Waals surface area contributed by atoms with E-state index >= 15 is 0 Å². The van der Waals surface area contributed by atoms with Crippen LogP contribution in [0.1, 0.15) is 39.2 Å². The van der Waals surface area contributed by atoms with Crippen molar-refractivity contribution in [2.24, 2.45) is 17.4 Å². The van der Waals surface area contributed by atoms with Gasteiger partial charge in [0.15, 0.2) is 6.04 Å². The number of carbonyl (C=O) groups excluding carboxylic acids is 4. The molecule has 0 aromatic heterocycles. The third kappa shape index (κ3) is 10.5. The first kappa shape index (κ1) is 29.5. The number of aliphatic hydroxyl groups is 1. The van der Waals surface area contributed by atoms with Gasteiger partial charge in [-0.15, -0.1) is 0 Å². The molecule has 0 saturated carbocycles. The molecular weight excluding hydrogens is 458 g/mol. The van der Waals surface area contributed by atoms with Crippen molar-refractivity contribution in [1.29, 1.82) is 0 Å². The molecule has 5 unspecified atom stereocenters. The number of rotatable bonds is 14. The summed E-state index contributed by atoms with van der Waals surface area (Å²) in [5, 5.41) is 25.8. The minimum absolute atomic E-state index is 0.0587. The lowest BCUT2D eigenvalue weighted by molar-refractivity contribution is -0.145.